The van der Waals surface area contributed by atoms with Crippen molar-refractivity contribution < 1.29 is 9.84 Å². The van der Waals surface area contributed by atoms with Crippen molar-refractivity contribution in [1.82, 2.24) is 24.5 Å². The number of nitrogens with zero attached hydrogens (tertiary/aromatic N) is 5. The Morgan fingerprint density at radius 2 is 2.12 bits per heavy atom. The first-order chi connectivity index (χ1) is 15.7. The van der Waals surface area contributed by atoms with Gasteiger partial charge in [-0.25, -0.2) is 15.0 Å². The highest BCUT2D eigenvalue weighted by Crippen LogP contribution is 2.32. The molecule has 1 aliphatic heterocycles. The molecule has 1 atom stereocenters. The standard InChI is InChI=1S/C24H26N6O2/c1-16(19-4-6-25-20-3-2-10-32-23(19)20)13-26-22-12-21(28-15-29-22)18-11-17-5-7-30(8-9-31)24(17)27-14-18/h4-7,11-12,14-16,31H,2-3,8-10,13H2,1H3,(H,26,28,29)/t16-/m1/s1. The van der Waals surface area contributed by atoms with Crippen molar-refractivity contribution in [2.45, 2.75) is 32.2 Å². The van der Waals surface area contributed by atoms with Gasteiger partial charge in [-0.2, -0.15) is 0 Å². The predicted molar refractivity (Wildman–Crippen MR) is 123 cm³/mol. The van der Waals surface area contributed by atoms with Crippen LogP contribution in [-0.2, 0) is 13.0 Å². The van der Waals surface area contributed by atoms with Crippen LogP contribution in [0.4, 0.5) is 5.82 Å². The summed E-state index contributed by atoms with van der Waals surface area (Å²) in [4.78, 5) is 17.9. The fraction of sp³-hybridized carbons (Fsp3) is 0.333. The molecule has 0 aliphatic carbocycles. The number of fused-ring (bicyclic) bond motifs is 2. The fourth-order valence-electron chi connectivity index (χ4n) is 4.14. The highest BCUT2D eigenvalue weighted by molar-refractivity contribution is 5.81. The Labute approximate surface area is 186 Å². The number of ether oxygens (including phenoxy) is 1. The molecule has 164 valence electrons. The minimum atomic E-state index is 0.0843. The largest absolute Gasteiger partial charge is 0.491 e. The average Bonchev–Trinajstić information content (AvgIpc) is 3.24. The lowest BCUT2D eigenvalue weighted by atomic mass is 9.98. The molecule has 0 saturated heterocycles. The Hall–Kier alpha value is -3.52. The van der Waals surface area contributed by atoms with Crippen LogP contribution in [0.5, 0.6) is 5.75 Å². The minimum Gasteiger partial charge on any atom is -0.491 e. The summed E-state index contributed by atoms with van der Waals surface area (Å²) in [6.45, 7) is 4.26. The van der Waals surface area contributed by atoms with Gasteiger partial charge in [0, 0.05) is 60.2 Å². The van der Waals surface area contributed by atoms with E-state index in [0.29, 0.717) is 6.54 Å². The van der Waals surface area contributed by atoms with Gasteiger partial charge < -0.3 is 19.7 Å². The molecule has 32 heavy (non-hydrogen) atoms. The number of hydrogen-bond acceptors (Lipinski definition) is 7. The van der Waals surface area contributed by atoms with E-state index in [-0.39, 0.29) is 12.5 Å². The van der Waals surface area contributed by atoms with Crippen molar-refractivity contribution in [2.24, 2.45) is 0 Å². The summed E-state index contributed by atoms with van der Waals surface area (Å²) in [5.41, 5.74) is 4.82. The van der Waals surface area contributed by atoms with Crippen molar-refractivity contribution in [3.63, 3.8) is 0 Å². The van der Waals surface area contributed by atoms with E-state index in [1.165, 1.54) is 5.56 Å². The Balaban J connectivity index is 1.32. The average molecular weight is 431 g/mol. The van der Waals surface area contributed by atoms with E-state index in [1.54, 1.807) is 6.33 Å². The number of aromatic nitrogens is 5. The van der Waals surface area contributed by atoms with E-state index in [9.17, 15) is 5.11 Å². The molecule has 0 unspecified atom stereocenters. The molecule has 0 spiro atoms. The molecule has 5 rings (SSSR count). The number of aliphatic hydroxyl groups is 1. The molecule has 2 N–H and O–H groups in total. The van der Waals surface area contributed by atoms with E-state index < -0.39 is 0 Å². The summed E-state index contributed by atoms with van der Waals surface area (Å²) in [5.74, 6) is 1.96. The quantitative estimate of drug-likeness (QED) is 0.464. The van der Waals surface area contributed by atoms with Crippen LogP contribution in [0, 0.1) is 0 Å². The van der Waals surface area contributed by atoms with Gasteiger partial charge in [-0.15, -0.1) is 0 Å². The maximum atomic E-state index is 9.20. The van der Waals surface area contributed by atoms with Gasteiger partial charge in [-0.3, -0.25) is 4.98 Å². The van der Waals surface area contributed by atoms with E-state index in [0.717, 1.165) is 65.5 Å². The third kappa shape index (κ3) is 4.01. The number of hydrogen-bond donors (Lipinski definition) is 2. The second kappa shape index (κ2) is 8.92. The van der Waals surface area contributed by atoms with Gasteiger partial charge >= 0.3 is 0 Å². The summed E-state index contributed by atoms with van der Waals surface area (Å²) in [6, 6.07) is 8.05. The van der Waals surface area contributed by atoms with Crippen LogP contribution in [-0.4, -0.2) is 49.4 Å². The molecule has 0 aromatic carbocycles. The van der Waals surface area contributed by atoms with Crippen LogP contribution in [0.2, 0.25) is 0 Å². The number of aliphatic hydroxyl groups excluding tert-OH is 1. The van der Waals surface area contributed by atoms with Gasteiger partial charge in [0.2, 0.25) is 0 Å². The smallest absolute Gasteiger partial charge is 0.144 e. The summed E-state index contributed by atoms with van der Waals surface area (Å²) >= 11 is 0. The van der Waals surface area contributed by atoms with Crippen LogP contribution >= 0.6 is 0 Å². The fourth-order valence-corrected chi connectivity index (χ4v) is 4.14. The topological polar surface area (TPSA) is 98.0 Å². The Morgan fingerprint density at radius 1 is 1.19 bits per heavy atom. The number of rotatable bonds is 7. The molecule has 0 fully saturated rings. The lowest BCUT2D eigenvalue weighted by Gasteiger charge is -2.22. The third-order valence-electron chi connectivity index (χ3n) is 5.84. The minimum absolute atomic E-state index is 0.0843. The highest BCUT2D eigenvalue weighted by Gasteiger charge is 2.19. The number of nitrogens with one attached hydrogen (secondary N) is 1. The molecular weight excluding hydrogens is 404 g/mol. The zero-order valence-electron chi connectivity index (χ0n) is 18.0. The second-order valence-corrected chi connectivity index (χ2v) is 8.07. The molecule has 0 amide bonds. The zero-order valence-corrected chi connectivity index (χ0v) is 18.0. The maximum absolute atomic E-state index is 9.20. The van der Waals surface area contributed by atoms with Crippen LogP contribution in [0.25, 0.3) is 22.3 Å². The van der Waals surface area contributed by atoms with Crippen LogP contribution < -0.4 is 10.1 Å². The summed E-state index contributed by atoms with van der Waals surface area (Å²) in [5, 5.41) is 13.7. The number of anilines is 1. The van der Waals surface area contributed by atoms with E-state index in [1.807, 2.05) is 41.4 Å². The summed E-state index contributed by atoms with van der Waals surface area (Å²) in [6.07, 6.45) is 9.19. The predicted octanol–water partition coefficient (Wildman–Crippen LogP) is 3.42. The van der Waals surface area contributed by atoms with Crippen molar-refractivity contribution in [2.75, 3.05) is 25.1 Å². The van der Waals surface area contributed by atoms with E-state index in [2.05, 4.69) is 38.2 Å². The molecule has 0 bridgehead atoms. The van der Waals surface area contributed by atoms with Crippen LogP contribution in [0.15, 0.2) is 49.2 Å². The number of aryl methyl sites for hydroxylation is 1. The first-order valence-corrected chi connectivity index (χ1v) is 11.0. The molecule has 0 saturated carbocycles. The second-order valence-electron chi connectivity index (χ2n) is 8.07. The SMILES string of the molecule is C[C@H](CNc1cc(-c2cnc3c(ccn3CCO)c2)ncn1)c1ccnc2c1OCCC2. The molecule has 5 heterocycles. The van der Waals surface area contributed by atoms with Gasteiger partial charge in [-0.1, -0.05) is 6.92 Å². The van der Waals surface area contributed by atoms with E-state index in [4.69, 9.17) is 4.74 Å². The van der Waals surface area contributed by atoms with Crippen LogP contribution in [0.3, 0.4) is 0 Å². The zero-order chi connectivity index (χ0) is 21.9. The Bertz CT molecular complexity index is 1240. The van der Waals surface area contributed by atoms with Crippen molar-refractivity contribution in [3.05, 3.63) is 60.4 Å². The molecule has 4 aromatic heterocycles. The van der Waals surface area contributed by atoms with Crippen LogP contribution in [0.1, 0.15) is 30.5 Å². The van der Waals surface area contributed by atoms with Crippen molar-refractivity contribution in [3.8, 4) is 17.0 Å². The normalized spacial score (nSPS) is 14.1. The number of pyridine rings is 2. The van der Waals surface area contributed by atoms with Gasteiger partial charge in [0.15, 0.2) is 0 Å². The lowest BCUT2D eigenvalue weighted by molar-refractivity contribution is 0.278. The third-order valence-corrected chi connectivity index (χ3v) is 5.84. The Kier molecular flexibility index (Phi) is 5.68. The van der Waals surface area contributed by atoms with Gasteiger partial charge in [0.1, 0.15) is 23.5 Å². The monoisotopic (exact) mass is 430 g/mol. The molecule has 4 aromatic rings. The lowest BCUT2D eigenvalue weighted by Crippen LogP contribution is -2.16. The Morgan fingerprint density at radius 3 is 3.03 bits per heavy atom. The van der Waals surface area contributed by atoms with Gasteiger partial charge in [0.05, 0.1) is 24.6 Å². The van der Waals surface area contributed by atoms with Gasteiger partial charge in [-0.05, 0) is 31.0 Å². The molecule has 0 radical (unpaired) electrons. The maximum Gasteiger partial charge on any atom is 0.144 e. The molecular formula is C24H26N6O2. The molecule has 1 aliphatic rings. The highest BCUT2D eigenvalue weighted by atomic mass is 16.5. The first kappa shape index (κ1) is 20.4. The molecule has 8 heteroatoms. The van der Waals surface area contributed by atoms with Crippen molar-refractivity contribution in [1.29, 1.82) is 0 Å². The summed E-state index contributed by atoms with van der Waals surface area (Å²) in [7, 11) is 0. The van der Waals surface area contributed by atoms with Gasteiger partial charge in [0.25, 0.3) is 0 Å². The first-order valence-electron chi connectivity index (χ1n) is 11.0. The van der Waals surface area contributed by atoms with Crippen molar-refractivity contribution >= 4 is 16.9 Å². The molecule has 8 nitrogen and oxygen atoms in total. The van der Waals surface area contributed by atoms with E-state index >= 15 is 0 Å². The summed E-state index contributed by atoms with van der Waals surface area (Å²) < 4.78 is 7.86.